The lowest BCUT2D eigenvalue weighted by molar-refractivity contribution is -0.119. The number of nitrogens with one attached hydrogen (secondary N) is 1. The predicted molar refractivity (Wildman–Crippen MR) is 119 cm³/mol. The topological polar surface area (TPSA) is 117 Å². The first kappa shape index (κ1) is 23.6. The molecule has 1 N–H and O–H groups in total. The van der Waals surface area contributed by atoms with Crippen molar-refractivity contribution in [2.24, 2.45) is 5.92 Å². The van der Waals surface area contributed by atoms with Crippen molar-refractivity contribution in [3.05, 3.63) is 44.2 Å². The molecular weight excluding hydrogens is 434 g/mol. The van der Waals surface area contributed by atoms with Gasteiger partial charge in [-0.2, -0.15) is 5.10 Å². The summed E-state index contributed by atoms with van der Waals surface area (Å²) in [6.45, 7) is 5.83. The molecule has 32 heavy (non-hydrogen) atoms. The molecule has 0 aliphatic heterocycles. The highest BCUT2D eigenvalue weighted by Crippen LogP contribution is 2.40. The third-order valence-electron chi connectivity index (χ3n) is 5.09. The van der Waals surface area contributed by atoms with E-state index in [2.05, 4.69) is 17.3 Å². The van der Waals surface area contributed by atoms with E-state index in [1.165, 1.54) is 28.2 Å². The molecule has 172 valence electrons. The van der Waals surface area contributed by atoms with Gasteiger partial charge in [0.15, 0.2) is 12.3 Å². The van der Waals surface area contributed by atoms with E-state index in [0.29, 0.717) is 29.4 Å². The molecule has 10 heteroatoms. The van der Waals surface area contributed by atoms with Crippen LogP contribution in [0.2, 0.25) is 0 Å². The maximum absolute atomic E-state index is 12.5. The van der Waals surface area contributed by atoms with Crippen LogP contribution in [0.4, 0.5) is 5.00 Å². The molecule has 0 bridgehead atoms. The van der Waals surface area contributed by atoms with Crippen LogP contribution >= 0.6 is 11.3 Å². The van der Waals surface area contributed by atoms with Crippen LogP contribution < -0.4 is 10.9 Å². The molecule has 1 atom stereocenters. The number of ether oxygens (including phenoxy) is 2. The molecule has 0 saturated heterocycles. The van der Waals surface area contributed by atoms with E-state index in [-0.39, 0.29) is 17.9 Å². The van der Waals surface area contributed by atoms with Crippen molar-refractivity contribution in [1.82, 2.24) is 9.78 Å². The Morgan fingerprint density at radius 3 is 2.72 bits per heavy atom. The van der Waals surface area contributed by atoms with Gasteiger partial charge in [0.1, 0.15) is 5.00 Å². The number of aromatic nitrogens is 2. The molecule has 1 aliphatic rings. The molecule has 0 fully saturated rings. The van der Waals surface area contributed by atoms with Crippen LogP contribution in [0.3, 0.4) is 0 Å². The van der Waals surface area contributed by atoms with E-state index in [1.807, 2.05) is 6.92 Å². The summed E-state index contributed by atoms with van der Waals surface area (Å²) in [5.41, 5.74) is 0.954. The standard InChI is InChI=1S/C22H27N3O6S/c1-4-10-25-18(27)9-8-15(24-25)21(28)31-12-17(26)23-20-19(22(29)30-5-2)14-7-6-13(3)11-16(14)32-20/h8-9,13H,4-7,10-12H2,1-3H3,(H,23,26). The maximum Gasteiger partial charge on any atom is 0.359 e. The van der Waals surface area contributed by atoms with Crippen molar-refractivity contribution < 1.29 is 23.9 Å². The van der Waals surface area contributed by atoms with Crippen LogP contribution in [0.1, 0.15) is 64.9 Å². The van der Waals surface area contributed by atoms with Crippen molar-refractivity contribution >= 4 is 34.2 Å². The van der Waals surface area contributed by atoms with Crippen molar-refractivity contribution in [2.45, 2.75) is 53.0 Å². The van der Waals surface area contributed by atoms with Gasteiger partial charge in [-0.05, 0) is 50.2 Å². The number of carbonyl (C=O) groups is 3. The molecule has 0 saturated carbocycles. The van der Waals surface area contributed by atoms with Crippen molar-refractivity contribution in [3.63, 3.8) is 0 Å². The van der Waals surface area contributed by atoms with Gasteiger partial charge >= 0.3 is 11.9 Å². The Morgan fingerprint density at radius 1 is 1.22 bits per heavy atom. The minimum absolute atomic E-state index is 0.0568. The number of rotatable bonds is 8. The Kier molecular flexibility index (Phi) is 7.79. The molecule has 2 heterocycles. The van der Waals surface area contributed by atoms with Gasteiger partial charge in [0.05, 0.1) is 12.2 Å². The molecule has 1 aliphatic carbocycles. The molecule has 1 unspecified atom stereocenters. The molecule has 0 aromatic carbocycles. The Hall–Kier alpha value is -3.01. The predicted octanol–water partition coefficient (Wildman–Crippen LogP) is 2.81. The highest BCUT2D eigenvalue weighted by atomic mass is 32.1. The van der Waals surface area contributed by atoms with Crippen molar-refractivity contribution in [1.29, 1.82) is 0 Å². The Bertz CT molecular complexity index is 1070. The first-order valence-corrected chi connectivity index (χ1v) is 11.5. The Labute approximate surface area is 189 Å². The highest BCUT2D eigenvalue weighted by Gasteiger charge is 2.29. The zero-order valence-electron chi connectivity index (χ0n) is 18.4. The van der Waals surface area contributed by atoms with Gasteiger partial charge in [-0.15, -0.1) is 11.3 Å². The summed E-state index contributed by atoms with van der Waals surface area (Å²) in [6.07, 6.45) is 3.25. The average molecular weight is 462 g/mol. The zero-order chi connectivity index (χ0) is 23.3. The lowest BCUT2D eigenvalue weighted by Gasteiger charge is -2.18. The van der Waals surface area contributed by atoms with E-state index in [1.54, 1.807) is 6.92 Å². The fraction of sp³-hybridized carbons (Fsp3) is 0.500. The quantitative estimate of drug-likeness (QED) is 0.601. The molecule has 2 aromatic heterocycles. The van der Waals surface area contributed by atoms with Crippen molar-refractivity contribution in [2.75, 3.05) is 18.5 Å². The number of anilines is 1. The van der Waals surface area contributed by atoms with E-state index in [0.717, 1.165) is 29.7 Å². The zero-order valence-corrected chi connectivity index (χ0v) is 19.3. The summed E-state index contributed by atoms with van der Waals surface area (Å²) in [6, 6.07) is 2.50. The third-order valence-corrected chi connectivity index (χ3v) is 6.26. The molecule has 3 rings (SSSR count). The van der Waals surface area contributed by atoms with Crippen LogP contribution in [0.5, 0.6) is 0 Å². The SMILES string of the molecule is CCCn1nc(C(=O)OCC(=O)Nc2sc3c(c2C(=O)OCC)CCC(C)C3)ccc1=O. The molecule has 0 radical (unpaired) electrons. The summed E-state index contributed by atoms with van der Waals surface area (Å²) >= 11 is 1.36. The number of carbonyl (C=O) groups excluding carboxylic acids is 3. The minimum atomic E-state index is -0.810. The highest BCUT2D eigenvalue weighted by molar-refractivity contribution is 7.17. The fourth-order valence-electron chi connectivity index (χ4n) is 3.56. The van der Waals surface area contributed by atoms with Gasteiger partial charge in [0.25, 0.3) is 11.5 Å². The minimum Gasteiger partial charge on any atom is -0.462 e. The summed E-state index contributed by atoms with van der Waals surface area (Å²) in [7, 11) is 0. The summed E-state index contributed by atoms with van der Waals surface area (Å²) in [5.74, 6) is -1.34. The number of thiophene rings is 1. The summed E-state index contributed by atoms with van der Waals surface area (Å²) in [4.78, 5) is 50.1. The molecule has 0 spiro atoms. The molecule has 1 amide bonds. The van der Waals surface area contributed by atoms with Gasteiger partial charge < -0.3 is 14.8 Å². The van der Waals surface area contributed by atoms with Crippen LogP contribution in [0.25, 0.3) is 0 Å². The molecular formula is C22H27N3O6S. The van der Waals surface area contributed by atoms with Gasteiger partial charge in [-0.25, -0.2) is 14.3 Å². The first-order chi connectivity index (χ1) is 15.3. The van der Waals surface area contributed by atoms with Crippen LogP contribution in [0, 0.1) is 5.92 Å². The van der Waals surface area contributed by atoms with Crippen molar-refractivity contribution in [3.8, 4) is 0 Å². The van der Waals surface area contributed by atoms with Gasteiger partial charge in [0, 0.05) is 17.5 Å². The Morgan fingerprint density at radius 2 is 2.00 bits per heavy atom. The second kappa shape index (κ2) is 10.5. The van der Waals surface area contributed by atoms with Gasteiger partial charge in [-0.1, -0.05) is 13.8 Å². The largest absolute Gasteiger partial charge is 0.462 e. The number of fused-ring (bicyclic) bond motifs is 1. The number of aryl methyl sites for hydroxylation is 1. The van der Waals surface area contributed by atoms with Crippen LogP contribution in [-0.2, 0) is 33.7 Å². The first-order valence-electron chi connectivity index (χ1n) is 10.7. The van der Waals surface area contributed by atoms with E-state index in [4.69, 9.17) is 9.47 Å². The molecule has 2 aromatic rings. The smallest absolute Gasteiger partial charge is 0.359 e. The third kappa shape index (κ3) is 5.42. The average Bonchev–Trinajstić information content (AvgIpc) is 3.10. The number of hydrogen-bond donors (Lipinski definition) is 1. The second-order valence-corrected chi connectivity index (χ2v) is 8.79. The number of nitrogens with zero attached hydrogens (tertiary/aromatic N) is 2. The number of hydrogen-bond acceptors (Lipinski definition) is 8. The lowest BCUT2D eigenvalue weighted by Crippen LogP contribution is -2.26. The van der Waals surface area contributed by atoms with Crippen LogP contribution in [-0.4, -0.2) is 40.8 Å². The van der Waals surface area contributed by atoms with E-state index in [9.17, 15) is 19.2 Å². The number of esters is 2. The van der Waals surface area contributed by atoms with E-state index >= 15 is 0 Å². The van der Waals surface area contributed by atoms with Crippen LogP contribution in [0.15, 0.2) is 16.9 Å². The normalized spacial score (nSPS) is 15.0. The van der Waals surface area contributed by atoms with Gasteiger partial charge in [0.2, 0.25) is 0 Å². The lowest BCUT2D eigenvalue weighted by atomic mass is 9.88. The monoisotopic (exact) mass is 461 g/mol. The Balaban J connectivity index is 1.70. The molecule has 9 nitrogen and oxygen atoms in total. The van der Waals surface area contributed by atoms with E-state index < -0.39 is 24.5 Å². The maximum atomic E-state index is 12.5. The number of amides is 1. The van der Waals surface area contributed by atoms with Gasteiger partial charge in [-0.3, -0.25) is 9.59 Å². The summed E-state index contributed by atoms with van der Waals surface area (Å²) in [5, 5.41) is 7.08. The fourth-order valence-corrected chi connectivity index (χ4v) is 4.97. The second-order valence-electron chi connectivity index (χ2n) is 7.68. The summed E-state index contributed by atoms with van der Waals surface area (Å²) < 4.78 is 11.4.